The first kappa shape index (κ1) is 18.5. The Morgan fingerprint density at radius 3 is 2.44 bits per heavy atom. The second-order valence-electron chi connectivity index (χ2n) is 4.64. The molecule has 0 aliphatic carbocycles. The molecule has 0 aliphatic rings. The molecule has 0 unspecified atom stereocenters. The van der Waals surface area contributed by atoms with Crippen LogP contribution in [0, 0.1) is 0 Å². The SMILES string of the molecule is NC(COc1ccc(C(F)(F)F)cn1)=NOC(=O)c1ccc(Cl)cc1. The zero-order chi connectivity index (χ0) is 18.4. The van der Waals surface area contributed by atoms with Crippen LogP contribution in [0.3, 0.4) is 0 Å². The minimum Gasteiger partial charge on any atom is -0.469 e. The zero-order valence-electron chi connectivity index (χ0n) is 12.5. The van der Waals surface area contributed by atoms with Crippen LogP contribution < -0.4 is 10.5 Å². The van der Waals surface area contributed by atoms with E-state index in [9.17, 15) is 18.0 Å². The van der Waals surface area contributed by atoms with Gasteiger partial charge in [-0.25, -0.2) is 9.78 Å². The maximum Gasteiger partial charge on any atom is 0.417 e. The van der Waals surface area contributed by atoms with Gasteiger partial charge in [0.2, 0.25) is 5.88 Å². The lowest BCUT2D eigenvalue weighted by Gasteiger charge is -2.07. The summed E-state index contributed by atoms with van der Waals surface area (Å²) in [6.45, 7) is -0.327. The van der Waals surface area contributed by atoms with Crippen LogP contribution >= 0.6 is 11.6 Å². The molecule has 0 aliphatic heterocycles. The molecule has 1 aromatic carbocycles. The molecule has 6 nitrogen and oxygen atoms in total. The van der Waals surface area contributed by atoms with E-state index in [1.807, 2.05) is 0 Å². The van der Waals surface area contributed by atoms with E-state index in [1.54, 1.807) is 0 Å². The topological polar surface area (TPSA) is 86.8 Å². The molecule has 0 saturated carbocycles. The van der Waals surface area contributed by atoms with Gasteiger partial charge in [0, 0.05) is 17.3 Å². The van der Waals surface area contributed by atoms with Crippen molar-refractivity contribution in [2.45, 2.75) is 6.18 Å². The van der Waals surface area contributed by atoms with E-state index in [0.29, 0.717) is 11.2 Å². The van der Waals surface area contributed by atoms with Crippen molar-refractivity contribution in [2.75, 3.05) is 6.61 Å². The summed E-state index contributed by atoms with van der Waals surface area (Å²) in [4.78, 5) is 19.8. The number of pyridine rings is 1. The monoisotopic (exact) mass is 373 g/mol. The second-order valence-corrected chi connectivity index (χ2v) is 5.08. The van der Waals surface area contributed by atoms with Crippen molar-refractivity contribution in [3.63, 3.8) is 0 Å². The molecule has 10 heteroatoms. The average molecular weight is 374 g/mol. The normalized spacial score (nSPS) is 11.9. The molecule has 1 aromatic heterocycles. The highest BCUT2D eigenvalue weighted by Gasteiger charge is 2.30. The molecule has 0 saturated heterocycles. The van der Waals surface area contributed by atoms with Crippen LogP contribution in [0.15, 0.2) is 47.8 Å². The Balaban J connectivity index is 1.87. The molecule has 2 rings (SSSR count). The number of nitrogens with zero attached hydrogens (tertiary/aromatic N) is 2. The van der Waals surface area contributed by atoms with Gasteiger partial charge in [0.25, 0.3) is 0 Å². The molecule has 0 spiro atoms. The first-order chi connectivity index (χ1) is 11.8. The molecule has 2 N–H and O–H groups in total. The Morgan fingerprint density at radius 2 is 1.88 bits per heavy atom. The molecule has 0 bridgehead atoms. The first-order valence-corrected chi connectivity index (χ1v) is 7.09. The van der Waals surface area contributed by atoms with E-state index in [4.69, 9.17) is 22.1 Å². The van der Waals surface area contributed by atoms with Crippen LogP contribution in [0.25, 0.3) is 0 Å². The lowest BCUT2D eigenvalue weighted by atomic mass is 10.2. The van der Waals surface area contributed by atoms with Crippen molar-refractivity contribution < 1.29 is 27.5 Å². The van der Waals surface area contributed by atoms with Crippen LogP contribution in [0.2, 0.25) is 5.02 Å². The molecule has 25 heavy (non-hydrogen) atoms. The van der Waals surface area contributed by atoms with Gasteiger partial charge in [-0.15, -0.1) is 0 Å². The van der Waals surface area contributed by atoms with Gasteiger partial charge in [-0.05, 0) is 30.3 Å². The number of nitrogens with two attached hydrogens (primary N) is 1. The molecule has 132 valence electrons. The fourth-order valence-electron chi connectivity index (χ4n) is 1.55. The van der Waals surface area contributed by atoms with Crippen molar-refractivity contribution in [1.82, 2.24) is 4.98 Å². The van der Waals surface area contributed by atoms with E-state index >= 15 is 0 Å². The Labute approximate surface area is 145 Å². The standard InChI is InChI=1S/C15H11ClF3N3O3/c16-11-4-1-9(2-5-11)14(23)25-22-12(20)8-24-13-6-3-10(7-21-13)15(17,18)19/h1-7H,8H2,(H2,20,22). The van der Waals surface area contributed by atoms with Gasteiger partial charge < -0.3 is 15.3 Å². The van der Waals surface area contributed by atoms with Crippen molar-refractivity contribution in [1.29, 1.82) is 0 Å². The molecule has 0 radical (unpaired) electrons. The summed E-state index contributed by atoms with van der Waals surface area (Å²) >= 11 is 5.69. The number of carbonyl (C=O) groups excluding carboxylic acids is 1. The maximum absolute atomic E-state index is 12.4. The van der Waals surface area contributed by atoms with E-state index < -0.39 is 17.7 Å². The Morgan fingerprint density at radius 1 is 1.20 bits per heavy atom. The highest BCUT2D eigenvalue weighted by molar-refractivity contribution is 6.30. The number of aromatic nitrogens is 1. The number of carbonyl (C=O) groups is 1. The predicted molar refractivity (Wildman–Crippen MR) is 83.2 cm³/mol. The summed E-state index contributed by atoms with van der Waals surface area (Å²) in [5, 5.41) is 3.83. The summed E-state index contributed by atoms with van der Waals surface area (Å²) in [6, 6.07) is 7.75. The third-order valence-electron chi connectivity index (χ3n) is 2.76. The fourth-order valence-corrected chi connectivity index (χ4v) is 1.67. The molecule has 0 fully saturated rings. The van der Waals surface area contributed by atoms with Gasteiger partial charge in [-0.3, -0.25) is 0 Å². The van der Waals surface area contributed by atoms with Gasteiger partial charge >= 0.3 is 12.1 Å². The summed E-state index contributed by atoms with van der Waals surface area (Å²) in [6.07, 6.45) is -3.86. The molecule has 0 atom stereocenters. The van der Waals surface area contributed by atoms with E-state index in [1.165, 1.54) is 24.3 Å². The largest absolute Gasteiger partial charge is 0.469 e. The molecule has 0 amide bonds. The van der Waals surface area contributed by atoms with Gasteiger partial charge in [0.15, 0.2) is 12.4 Å². The third-order valence-corrected chi connectivity index (χ3v) is 3.01. The number of halogens is 4. The fraction of sp³-hybridized carbons (Fsp3) is 0.133. The first-order valence-electron chi connectivity index (χ1n) is 6.71. The number of ether oxygens (including phenoxy) is 1. The molecular formula is C15H11ClF3N3O3. The van der Waals surface area contributed by atoms with Crippen molar-refractivity contribution in [3.8, 4) is 5.88 Å². The van der Waals surface area contributed by atoms with Crippen LogP contribution in [0.4, 0.5) is 13.2 Å². The van der Waals surface area contributed by atoms with Gasteiger partial charge in [0.1, 0.15) is 0 Å². The smallest absolute Gasteiger partial charge is 0.417 e. The van der Waals surface area contributed by atoms with Crippen LogP contribution in [0.5, 0.6) is 5.88 Å². The van der Waals surface area contributed by atoms with Crippen LogP contribution in [-0.2, 0) is 11.0 Å². The van der Waals surface area contributed by atoms with E-state index in [-0.39, 0.29) is 23.9 Å². The summed E-state index contributed by atoms with van der Waals surface area (Å²) in [7, 11) is 0. The number of rotatable bonds is 5. The van der Waals surface area contributed by atoms with Crippen LogP contribution in [0.1, 0.15) is 15.9 Å². The number of amidine groups is 1. The Hall–Kier alpha value is -2.81. The number of benzene rings is 1. The lowest BCUT2D eigenvalue weighted by molar-refractivity contribution is -0.137. The van der Waals surface area contributed by atoms with E-state index in [0.717, 1.165) is 12.1 Å². The lowest BCUT2D eigenvalue weighted by Crippen LogP contribution is -2.22. The average Bonchev–Trinajstić information content (AvgIpc) is 2.58. The zero-order valence-corrected chi connectivity index (χ0v) is 13.2. The number of hydrogen-bond donors (Lipinski definition) is 1. The van der Waals surface area contributed by atoms with Crippen molar-refractivity contribution in [3.05, 3.63) is 58.7 Å². The highest BCUT2D eigenvalue weighted by Crippen LogP contribution is 2.29. The van der Waals surface area contributed by atoms with Crippen molar-refractivity contribution in [2.24, 2.45) is 10.9 Å². The third kappa shape index (κ3) is 5.64. The van der Waals surface area contributed by atoms with Crippen LogP contribution in [-0.4, -0.2) is 23.4 Å². The predicted octanol–water partition coefficient (Wildman–Crippen LogP) is 3.26. The number of hydrogen-bond acceptors (Lipinski definition) is 5. The summed E-state index contributed by atoms with van der Waals surface area (Å²) in [5.41, 5.74) is 4.80. The minimum absolute atomic E-state index is 0.0878. The van der Waals surface area contributed by atoms with E-state index in [2.05, 4.69) is 15.0 Å². The number of alkyl halides is 3. The molecular weight excluding hydrogens is 363 g/mol. The van der Waals surface area contributed by atoms with Gasteiger partial charge in [-0.2, -0.15) is 13.2 Å². The van der Waals surface area contributed by atoms with Gasteiger partial charge in [0.05, 0.1) is 11.1 Å². The summed E-state index contributed by atoms with van der Waals surface area (Å²) < 4.78 is 42.2. The van der Waals surface area contributed by atoms with Crippen molar-refractivity contribution >= 4 is 23.4 Å². The quantitative estimate of drug-likeness (QED) is 0.376. The molecule has 2 aromatic rings. The molecule has 1 heterocycles. The second kappa shape index (κ2) is 7.84. The van der Waals surface area contributed by atoms with Gasteiger partial charge in [-0.1, -0.05) is 16.8 Å². The summed E-state index contributed by atoms with van der Waals surface area (Å²) in [5.74, 6) is -1.05. The Bertz CT molecular complexity index is 762. The highest BCUT2D eigenvalue weighted by atomic mass is 35.5. The maximum atomic E-state index is 12.4. The Kier molecular flexibility index (Phi) is 5.81. The number of oxime groups is 1. The minimum atomic E-state index is -4.48.